The van der Waals surface area contributed by atoms with Gasteiger partial charge in [0.25, 0.3) is 10.2 Å². The second-order valence-corrected chi connectivity index (χ2v) is 5.31. The van der Waals surface area contributed by atoms with Crippen LogP contribution in [0, 0.1) is 0 Å². The van der Waals surface area contributed by atoms with Crippen LogP contribution in [0.2, 0.25) is 0 Å². The molecule has 2 N–H and O–H groups in total. The lowest BCUT2D eigenvalue weighted by atomic mass is 10.4. The summed E-state index contributed by atoms with van der Waals surface area (Å²) < 4.78 is 32.7. The Morgan fingerprint density at radius 2 is 2.19 bits per heavy atom. The molecule has 6 nitrogen and oxygen atoms in total. The van der Waals surface area contributed by atoms with E-state index in [9.17, 15) is 8.42 Å². The molecular formula is C9H15N3O3S. The lowest BCUT2D eigenvalue weighted by Crippen LogP contribution is -2.50. The number of hydrogen-bond donors (Lipinski definition) is 2. The van der Waals surface area contributed by atoms with Crippen molar-refractivity contribution in [3.8, 4) is 0 Å². The summed E-state index contributed by atoms with van der Waals surface area (Å²) in [6.45, 7) is 2.60. The number of rotatable bonds is 4. The Morgan fingerprint density at radius 1 is 1.44 bits per heavy atom. The fraction of sp³-hybridized carbons (Fsp3) is 0.556. The fourth-order valence-electron chi connectivity index (χ4n) is 1.55. The standard InChI is InChI=1S/C9H15N3O3S/c13-16(14,12-5-3-10-4-6-12)11-8-9-2-1-7-15-9/h1-2,7,10-11H,3-6,8H2. The molecule has 1 aromatic rings. The quantitative estimate of drug-likeness (QED) is 0.751. The van der Waals surface area contributed by atoms with Crippen molar-refractivity contribution in [1.82, 2.24) is 14.3 Å². The van der Waals surface area contributed by atoms with Crippen LogP contribution < -0.4 is 10.0 Å². The van der Waals surface area contributed by atoms with Crippen molar-refractivity contribution in [3.05, 3.63) is 24.2 Å². The van der Waals surface area contributed by atoms with E-state index in [1.54, 1.807) is 12.1 Å². The van der Waals surface area contributed by atoms with Gasteiger partial charge in [-0.15, -0.1) is 0 Å². The van der Waals surface area contributed by atoms with Crippen molar-refractivity contribution < 1.29 is 12.8 Å². The van der Waals surface area contributed by atoms with Gasteiger partial charge in [0.1, 0.15) is 5.76 Å². The third-order valence-electron chi connectivity index (χ3n) is 2.42. The van der Waals surface area contributed by atoms with Crippen LogP contribution in [0.15, 0.2) is 22.8 Å². The van der Waals surface area contributed by atoms with Gasteiger partial charge in [-0.05, 0) is 12.1 Å². The minimum absolute atomic E-state index is 0.194. The van der Waals surface area contributed by atoms with Gasteiger partial charge in [0, 0.05) is 26.2 Å². The van der Waals surface area contributed by atoms with Gasteiger partial charge in [0.15, 0.2) is 0 Å². The van der Waals surface area contributed by atoms with E-state index in [1.165, 1.54) is 10.6 Å². The van der Waals surface area contributed by atoms with Crippen molar-refractivity contribution in [3.63, 3.8) is 0 Å². The van der Waals surface area contributed by atoms with Gasteiger partial charge >= 0.3 is 0 Å². The molecule has 7 heteroatoms. The zero-order valence-electron chi connectivity index (χ0n) is 8.85. The predicted molar refractivity (Wildman–Crippen MR) is 58.9 cm³/mol. The first-order chi connectivity index (χ1) is 7.68. The highest BCUT2D eigenvalue weighted by Gasteiger charge is 2.23. The molecule has 16 heavy (non-hydrogen) atoms. The van der Waals surface area contributed by atoms with Gasteiger partial charge in [0.2, 0.25) is 0 Å². The highest BCUT2D eigenvalue weighted by molar-refractivity contribution is 7.87. The van der Waals surface area contributed by atoms with E-state index in [0.717, 1.165) is 0 Å². The molecule has 1 aromatic heterocycles. The number of nitrogens with zero attached hydrogens (tertiary/aromatic N) is 1. The summed E-state index contributed by atoms with van der Waals surface area (Å²) in [5.74, 6) is 0.610. The molecule has 2 heterocycles. The van der Waals surface area contributed by atoms with Crippen molar-refractivity contribution in [1.29, 1.82) is 0 Å². The summed E-state index contributed by atoms with van der Waals surface area (Å²) >= 11 is 0. The minimum atomic E-state index is -3.38. The van der Waals surface area contributed by atoms with Crippen LogP contribution in [0.3, 0.4) is 0 Å². The minimum Gasteiger partial charge on any atom is -0.468 e. The first-order valence-corrected chi connectivity index (χ1v) is 6.60. The lowest BCUT2D eigenvalue weighted by Gasteiger charge is -2.26. The molecule has 1 fully saturated rings. The van der Waals surface area contributed by atoms with E-state index in [-0.39, 0.29) is 6.54 Å². The molecule has 0 amide bonds. The lowest BCUT2D eigenvalue weighted by molar-refractivity contribution is 0.353. The first kappa shape index (κ1) is 11.6. The fourth-order valence-corrected chi connectivity index (χ4v) is 2.72. The molecule has 0 aromatic carbocycles. The Balaban J connectivity index is 1.91. The molecule has 1 aliphatic heterocycles. The Morgan fingerprint density at radius 3 is 2.81 bits per heavy atom. The SMILES string of the molecule is O=S(=O)(NCc1ccco1)N1CCNCC1. The number of hydrogen-bond acceptors (Lipinski definition) is 4. The van der Waals surface area contributed by atoms with E-state index >= 15 is 0 Å². The van der Waals surface area contributed by atoms with Gasteiger partial charge in [-0.3, -0.25) is 0 Å². The van der Waals surface area contributed by atoms with Gasteiger partial charge in [-0.1, -0.05) is 0 Å². The van der Waals surface area contributed by atoms with E-state index < -0.39 is 10.2 Å². The average Bonchev–Trinajstić information content (AvgIpc) is 2.81. The Kier molecular flexibility index (Phi) is 3.59. The zero-order chi connectivity index (χ0) is 11.4. The number of furan rings is 1. The molecule has 0 spiro atoms. The summed E-state index contributed by atoms with van der Waals surface area (Å²) in [5, 5.41) is 3.10. The Bertz CT molecular complexity index is 409. The average molecular weight is 245 g/mol. The third-order valence-corrected chi connectivity index (χ3v) is 3.98. The smallest absolute Gasteiger partial charge is 0.279 e. The highest BCUT2D eigenvalue weighted by atomic mass is 32.2. The second-order valence-electron chi connectivity index (χ2n) is 3.55. The maximum atomic E-state index is 11.8. The Hall–Kier alpha value is -0.890. The summed E-state index contributed by atoms with van der Waals surface area (Å²) in [6.07, 6.45) is 1.52. The molecule has 0 saturated carbocycles. The Labute approximate surface area is 94.8 Å². The maximum absolute atomic E-state index is 11.8. The molecule has 0 atom stereocenters. The van der Waals surface area contributed by atoms with Gasteiger partial charge < -0.3 is 9.73 Å². The number of nitrogens with one attached hydrogen (secondary N) is 2. The molecule has 0 radical (unpaired) electrons. The van der Waals surface area contributed by atoms with Crippen LogP contribution in [0.25, 0.3) is 0 Å². The van der Waals surface area contributed by atoms with Gasteiger partial charge in [0.05, 0.1) is 12.8 Å². The highest BCUT2D eigenvalue weighted by Crippen LogP contribution is 2.03. The normalized spacial score (nSPS) is 18.8. The van der Waals surface area contributed by atoms with Crippen molar-refractivity contribution in [2.24, 2.45) is 0 Å². The predicted octanol–water partition coefficient (Wildman–Crippen LogP) is -0.481. The summed E-state index contributed by atoms with van der Waals surface area (Å²) in [6, 6.07) is 3.47. The third kappa shape index (κ3) is 2.82. The van der Waals surface area contributed by atoms with Crippen LogP contribution in [-0.2, 0) is 16.8 Å². The van der Waals surface area contributed by atoms with Crippen LogP contribution in [-0.4, -0.2) is 38.9 Å². The molecule has 2 rings (SSSR count). The largest absolute Gasteiger partial charge is 0.468 e. The molecular weight excluding hydrogens is 230 g/mol. The summed E-state index contributed by atoms with van der Waals surface area (Å²) in [4.78, 5) is 0. The first-order valence-electron chi connectivity index (χ1n) is 5.16. The van der Waals surface area contributed by atoms with Crippen molar-refractivity contribution in [2.75, 3.05) is 26.2 Å². The van der Waals surface area contributed by atoms with E-state index in [2.05, 4.69) is 10.0 Å². The zero-order valence-corrected chi connectivity index (χ0v) is 9.66. The van der Waals surface area contributed by atoms with Gasteiger partial charge in [-0.2, -0.15) is 17.4 Å². The van der Waals surface area contributed by atoms with Crippen LogP contribution in [0.1, 0.15) is 5.76 Å². The summed E-state index contributed by atoms with van der Waals surface area (Å²) in [7, 11) is -3.38. The van der Waals surface area contributed by atoms with E-state index in [4.69, 9.17) is 4.42 Å². The van der Waals surface area contributed by atoms with E-state index in [0.29, 0.717) is 31.9 Å². The molecule has 0 bridgehead atoms. The molecule has 90 valence electrons. The van der Waals surface area contributed by atoms with Crippen molar-refractivity contribution >= 4 is 10.2 Å². The van der Waals surface area contributed by atoms with Crippen LogP contribution >= 0.6 is 0 Å². The monoisotopic (exact) mass is 245 g/mol. The van der Waals surface area contributed by atoms with Gasteiger partial charge in [-0.25, -0.2) is 0 Å². The van der Waals surface area contributed by atoms with Crippen LogP contribution in [0.4, 0.5) is 0 Å². The second kappa shape index (κ2) is 4.96. The molecule has 0 aliphatic carbocycles. The topological polar surface area (TPSA) is 74.6 Å². The summed E-state index contributed by atoms with van der Waals surface area (Å²) in [5.41, 5.74) is 0. The van der Waals surface area contributed by atoms with E-state index in [1.807, 2.05) is 0 Å². The van der Waals surface area contributed by atoms with Crippen molar-refractivity contribution in [2.45, 2.75) is 6.54 Å². The molecule has 1 saturated heterocycles. The maximum Gasteiger partial charge on any atom is 0.279 e. The van der Waals surface area contributed by atoms with Crippen LogP contribution in [0.5, 0.6) is 0 Å². The number of piperazine rings is 1. The molecule has 1 aliphatic rings. The molecule has 0 unspecified atom stereocenters.